The summed E-state index contributed by atoms with van der Waals surface area (Å²) >= 11 is 0. The van der Waals surface area contributed by atoms with E-state index in [2.05, 4.69) is 74.7 Å². The van der Waals surface area contributed by atoms with Crippen LogP contribution in [0.15, 0.2) is 97.2 Å². The summed E-state index contributed by atoms with van der Waals surface area (Å²) in [5.41, 5.74) is 0. The van der Waals surface area contributed by atoms with Gasteiger partial charge in [-0.2, -0.15) is 0 Å². The van der Waals surface area contributed by atoms with E-state index in [4.69, 9.17) is 14.2 Å². The molecule has 0 aromatic carbocycles. The molecule has 1 amide bonds. The molecule has 0 aromatic heterocycles. The minimum absolute atomic E-state index is 0.0695. The lowest BCUT2D eigenvalue weighted by Crippen LogP contribution is -2.61. The molecule has 6 N–H and O–H groups in total. The van der Waals surface area contributed by atoms with Crippen LogP contribution in [0.2, 0.25) is 0 Å². The lowest BCUT2D eigenvalue weighted by Gasteiger charge is -2.41. The topological polar surface area (TPSA) is 175 Å². The number of hydrogen-bond donors (Lipinski definition) is 6. The second-order valence-electron chi connectivity index (χ2n) is 17.9. The van der Waals surface area contributed by atoms with E-state index in [1.165, 1.54) is 51.4 Å². The first-order valence-corrected chi connectivity index (χ1v) is 26.6. The molecule has 0 saturated carbocycles. The Bertz CT molecular complexity index is 1470. The number of aliphatic hydroxyl groups is 5. The Balaban J connectivity index is 2.83. The number of esters is 1. The highest BCUT2D eigenvalue weighted by Crippen LogP contribution is 2.26. The van der Waals surface area contributed by atoms with Gasteiger partial charge in [0.15, 0.2) is 12.4 Å². The SMILES string of the molecule is CC/C=C/C=C/C=C\C=C/CCCCCC(=O)OC1C(OCC(NC(=O)C(O)CCCCC/C=C/C/C=C/C/C=C/CC)C(O)/C=C/CCCCCCCCCCCCC)OC(CO)C(O)C1O. The molecule has 388 valence electrons. The molecule has 1 fully saturated rings. The number of amides is 1. The number of rotatable bonds is 42. The van der Waals surface area contributed by atoms with Crippen molar-refractivity contribution in [2.75, 3.05) is 13.2 Å². The molecule has 0 bridgehead atoms. The van der Waals surface area contributed by atoms with Crippen molar-refractivity contribution < 1.29 is 49.3 Å². The van der Waals surface area contributed by atoms with Gasteiger partial charge in [-0.1, -0.05) is 201 Å². The fraction of sp³-hybridized carbons (Fsp3) is 0.684. The average molecular weight is 954 g/mol. The van der Waals surface area contributed by atoms with Crippen LogP contribution in [0.4, 0.5) is 0 Å². The van der Waals surface area contributed by atoms with Gasteiger partial charge in [-0.25, -0.2) is 0 Å². The van der Waals surface area contributed by atoms with E-state index >= 15 is 0 Å². The standard InChI is InChI=1S/C57H95NO10/c1-4-7-10-13-16-19-22-25-28-31-34-37-40-43-49(60)48(58-56(65)50(61)44-41-38-35-32-29-26-23-20-17-14-11-8-5-2)47-66-57-55(54(64)53(63)51(46-59)67-57)68-52(62)45-42-39-36-33-30-27-24-21-18-15-12-9-6-3/h8-9,11-12,15,17-18,20-21,24,26-27,29-30,40,43,48-51,53-55,57,59-61,63-64H,4-7,10,13-14,16,19,22-23,25,28,31-39,41-42,44-47H2,1-3H3,(H,58,65)/b11-8+,12-9+,18-15+,20-17+,24-21-,29-26+,30-27-,43-40+. The third kappa shape index (κ3) is 33.2. The van der Waals surface area contributed by atoms with Crippen molar-refractivity contribution in [2.45, 2.75) is 237 Å². The van der Waals surface area contributed by atoms with E-state index < -0.39 is 67.4 Å². The summed E-state index contributed by atoms with van der Waals surface area (Å²) in [4.78, 5) is 26.3. The number of ether oxygens (including phenoxy) is 3. The Labute approximate surface area is 412 Å². The fourth-order valence-corrected chi connectivity index (χ4v) is 7.61. The molecule has 8 unspecified atom stereocenters. The molecule has 1 aliphatic rings. The van der Waals surface area contributed by atoms with E-state index in [0.29, 0.717) is 12.8 Å². The van der Waals surface area contributed by atoms with Gasteiger partial charge in [0.25, 0.3) is 0 Å². The molecule has 11 nitrogen and oxygen atoms in total. The first kappa shape index (κ1) is 62.6. The summed E-state index contributed by atoms with van der Waals surface area (Å²) in [7, 11) is 0. The van der Waals surface area contributed by atoms with Crippen LogP contribution in [-0.4, -0.2) is 99.6 Å². The van der Waals surface area contributed by atoms with Crippen LogP contribution in [-0.2, 0) is 23.8 Å². The molecule has 1 rings (SSSR count). The average Bonchev–Trinajstić information content (AvgIpc) is 3.33. The summed E-state index contributed by atoms with van der Waals surface area (Å²) in [6.07, 6.45) is 47.5. The number of unbranched alkanes of at least 4 members (excludes halogenated alkanes) is 17. The second kappa shape index (κ2) is 44.8. The van der Waals surface area contributed by atoms with Crippen LogP contribution in [0, 0.1) is 0 Å². The molecule has 8 atom stereocenters. The zero-order valence-corrected chi connectivity index (χ0v) is 42.4. The predicted molar refractivity (Wildman–Crippen MR) is 278 cm³/mol. The minimum atomic E-state index is -1.64. The maximum absolute atomic E-state index is 13.3. The summed E-state index contributed by atoms with van der Waals surface area (Å²) in [5.74, 6) is -1.27. The van der Waals surface area contributed by atoms with Crippen LogP contribution >= 0.6 is 0 Å². The predicted octanol–water partition coefficient (Wildman–Crippen LogP) is 11.2. The summed E-state index contributed by atoms with van der Waals surface area (Å²) in [6.45, 7) is 5.45. The molecule has 11 heteroatoms. The van der Waals surface area contributed by atoms with Gasteiger partial charge >= 0.3 is 5.97 Å². The quantitative estimate of drug-likeness (QED) is 0.0150. The van der Waals surface area contributed by atoms with Crippen LogP contribution < -0.4 is 5.32 Å². The monoisotopic (exact) mass is 954 g/mol. The smallest absolute Gasteiger partial charge is 0.306 e. The summed E-state index contributed by atoms with van der Waals surface area (Å²) < 4.78 is 17.5. The third-order valence-corrected chi connectivity index (χ3v) is 11.8. The van der Waals surface area contributed by atoms with Gasteiger partial charge in [-0.3, -0.25) is 9.59 Å². The Morgan fingerprint density at radius 3 is 1.76 bits per heavy atom. The lowest BCUT2D eigenvalue weighted by molar-refractivity contribution is -0.305. The third-order valence-electron chi connectivity index (χ3n) is 11.8. The number of nitrogens with one attached hydrogen (secondary N) is 1. The lowest BCUT2D eigenvalue weighted by atomic mass is 9.99. The highest BCUT2D eigenvalue weighted by molar-refractivity contribution is 5.80. The number of hydrogen-bond acceptors (Lipinski definition) is 10. The Kier molecular flexibility index (Phi) is 41.2. The van der Waals surface area contributed by atoms with E-state index in [1.807, 2.05) is 42.5 Å². The molecule has 1 aliphatic heterocycles. The largest absolute Gasteiger partial charge is 0.454 e. The van der Waals surface area contributed by atoms with E-state index in [0.717, 1.165) is 89.9 Å². The molecule has 0 radical (unpaired) electrons. The zero-order chi connectivity index (χ0) is 49.7. The Morgan fingerprint density at radius 1 is 0.603 bits per heavy atom. The number of aliphatic hydroxyl groups excluding tert-OH is 5. The molecule has 68 heavy (non-hydrogen) atoms. The molecule has 0 aromatic rings. The maximum Gasteiger partial charge on any atom is 0.306 e. The van der Waals surface area contributed by atoms with Gasteiger partial charge in [0.05, 0.1) is 25.4 Å². The summed E-state index contributed by atoms with van der Waals surface area (Å²) in [6, 6.07) is -1.05. The molecular weight excluding hydrogens is 859 g/mol. The zero-order valence-electron chi connectivity index (χ0n) is 42.4. The van der Waals surface area contributed by atoms with Crippen LogP contribution in [0.5, 0.6) is 0 Å². The highest BCUT2D eigenvalue weighted by atomic mass is 16.7. The van der Waals surface area contributed by atoms with Gasteiger partial charge < -0.3 is 45.1 Å². The van der Waals surface area contributed by atoms with Gasteiger partial charge in [-0.15, -0.1) is 0 Å². The molecular formula is C57H95NO10. The van der Waals surface area contributed by atoms with Crippen LogP contribution in [0.3, 0.4) is 0 Å². The van der Waals surface area contributed by atoms with Gasteiger partial charge in [-0.05, 0) is 77.0 Å². The molecule has 1 heterocycles. The fourth-order valence-electron chi connectivity index (χ4n) is 7.61. The van der Waals surface area contributed by atoms with Crippen molar-refractivity contribution in [3.63, 3.8) is 0 Å². The van der Waals surface area contributed by atoms with Crippen molar-refractivity contribution in [3.05, 3.63) is 97.2 Å². The minimum Gasteiger partial charge on any atom is -0.454 e. The van der Waals surface area contributed by atoms with Crippen molar-refractivity contribution in [2.24, 2.45) is 0 Å². The molecule has 1 saturated heterocycles. The Morgan fingerprint density at radius 2 is 1.13 bits per heavy atom. The van der Waals surface area contributed by atoms with Crippen LogP contribution in [0.1, 0.15) is 188 Å². The highest BCUT2D eigenvalue weighted by Gasteiger charge is 2.47. The second-order valence-corrected chi connectivity index (χ2v) is 17.9. The van der Waals surface area contributed by atoms with Crippen molar-refractivity contribution in [1.29, 1.82) is 0 Å². The number of carbonyl (C=O) groups excluding carboxylic acids is 2. The van der Waals surface area contributed by atoms with Crippen molar-refractivity contribution >= 4 is 11.9 Å². The maximum atomic E-state index is 13.3. The first-order chi connectivity index (χ1) is 33.2. The van der Waals surface area contributed by atoms with Crippen LogP contribution in [0.25, 0.3) is 0 Å². The van der Waals surface area contributed by atoms with E-state index in [-0.39, 0.29) is 19.4 Å². The molecule has 0 spiro atoms. The Hall–Kier alpha value is -3.42. The number of carbonyl (C=O) groups is 2. The van der Waals surface area contributed by atoms with Crippen molar-refractivity contribution in [1.82, 2.24) is 5.32 Å². The van der Waals surface area contributed by atoms with Gasteiger partial charge in [0, 0.05) is 6.42 Å². The number of allylic oxidation sites excluding steroid dienone is 15. The van der Waals surface area contributed by atoms with E-state index in [1.54, 1.807) is 6.08 Å². The summed E-state index contributed by atoms with van der Waals surface area (Å²) in [5, 5.41) is 56.6. The first-order valence-electron chi connectivity index (χ1n) is 26.6. The van der Waals surface area contributed by atoms with Crippen molar-refractivity contribution in [3.8, 4) is 0 Å². The van der Waals surface area contributed by atoms with E-state index in [9.17, 15) is 35.1 Å². The van der Waals surface area contributed by atoms with Gasteiger partial charge in [0.1, 0.15) is 24.4 Å². The van der Waals surface area contributed by atoms with Gasteiger partial charge in [0.2, 0.25) is 5.91 Å². The molecule has 0 aliphatic carbocycles. The normalized spacial score (nSPS) is 20.7.